The Labute approximate surface area is 109 Å². The van der Waals surface area contributed by atoms with Crippen LogP contribution in [0.15, 0.2) is 22.8 Å². The predicted molar refractivity (Wildman–Crippen MR) is 70.9 cm³/mol. The smallest absolute Gasteiger partial charge is 0.120 e. The molecule has 0 radical (unpaired) electrons. The Morgan fingerprint density at radius 1 is 1.50 bits per heavy atom. The fourth-order valence-corrected chi connectivity index (χ4v) is 2.75. The average Bonchev–Trinajstić information content (AvgIpc) is 2.90. The van der Waals surface area contributed by atoms with Crippen molar-refractivity contribution in [3.05, 3.63) is 24.2 Å². The van der Waals surface area contributed by atoms with E-state index < -0.39 is 0 Å². The lowest BCUT2D eigenvalue weighted by molar-refractivity contribution is 0.1000. The molecule has 0 saturated carbocycles. The molecule has 3 nitrogen and oxygen atoms in total. The van der Waals surface area contributed by atoms with Gasteiger partial charge in [0.05, 0.1) is 18.4 Å². The first-order valence-electron chi connectivity index (χ1n) is 6.95. The first-order chi connectivity index (χ1) is 8.81. The topological polar surface area (TPSA) is 40.2 Å². The van der Waals surface area contributed by atoms with E-state index in [0.717, 1.165) is 37.6 Å². The monoisotopic (exact) mass is 246 g/mol. The second-order valence-corrected chi connectivity index (χ2v) is 5.31. The van der Waals surface area contributed by atoms with Crippen LogP contribution >= 0.6 is 0 Å². The van der Waals surface area contributed by atoms with Crippen LogP contribution < -0.4 is 0 Å². The van der Waals surface area contributed by atoms with Crippen molar-refractivity contribution in [2.45, 2.75) is 45.1 Å². The molecule has 0 aromatic carbocycles. The molecule has 1 fully saturated rings. The summed E-state index contributed by atoms with van der Waals surface area (Å²) in [5, 5.41) is 8.56. The summed E-state index contributed by atoms with van der Waals surface area (Å²) >= 11 is 0. The predicted octanol–water partition coefficient (Wildman–Crippen LogP) is 3.75. The molecule has 0 N–H and O–H groups in total. The Bertz CT molecular complexity index is 380. The molecule has 1 aliphatic heterocycles. The molecule has 98 valence electrons. The van der Waals surface area contributed by atoms with Crippen LogP contribution in [0, 0.1) is 17.2 Å². The molecule has 18 heavy (non-hydrogen) atoms. The maximum absolute atomic E-state index is 8.56. The van der Waals surface area contributed by atoms with Gasteiger partial charge in [-0.05, 0) is 56.8 Å². The molecule has 0 amide bonds. The Kier molecular flexibility index (Phi) is 4.83. The minimum atomic E-state index is 0.436. The van der Waals surface area contributed by atoms with Gasteiger partial charge in [0.2, 0.25) is 0 Å². The van der Waals surface area contributed by atoms with Gasteiger partial charge in [-0.15, -0.1) is 0 Å². The second kappa shape index (κ2) is 6.61. The van der Waals surface area contributed by atoms with Crippen molar-refractivity contribution in [3.8, 4) is 6.07 Å². The number of likely N-dealkylation sites (tertiary alicyclic amines) is 1. The van der Waals surface area contributed by atoms with Crippen molar-refractivity contribution in [2.24, 2.45) is 5.92 Å². The molecule has 1 aromatic heterocycles. The SMILES string of the molecule is C[C@@H]1CCN(CCCCC#N)[C@H](c2ccco2)C1. The van der Waals surface area contributed by atoms with Crippen molar-refractivity contribution in [1.29, 1.82) is 5.26 Å². The van der Waals surface area contributed by atoms with E-state index in [1.165, 1.54) is 12.8 Å². The number of unbranched alkanes of at least 4 members (excludes halogenated alkanes) is 2. The van der Waals surface area contributed by atoms with E-state index in [9.17, 15) is 0 Å². The number of furan rings is 1. The highest BCUT2D eigenvalue weighted by Gasteiger charge is 2.28. The molecule has 0 aliphatic carbocycles. The third-order valence-electron chi connectivity index (χ3n) is 3.83. The molecule has 3 heteroatoms. The van der Waals surface area contributed by atoms with E-state index in [0.29, 0.717) is 12.5 Å². The number of nitriles is 1. The average molecular weight is 246 g/mol. The molecule has 0 spiro atoms. The fraction of sp³-hybridized carbons (Fsp3) is 0.667. The summed E-state index contributed by atoms with van der Waals surface area (Å²) in [6.07, 6.45) is 7.02. The zero-order valence-corrected chi connectivity index (χ0v) is 11.1. The molecule has 1 saturated heterocycles. The number of nitrogens with zero attached hydrogens (tertiary/aromatic N) is 2. The van der Waals surface area contributed by atoms with E-state index >= 15 is 0 Å². The summed E-state index contributed by atoms with van der Waals surface area (Å²) in [5.41, 5.74) is 0. The van der Waals surface area contributed by atoms with E-state index in [1.807, 2.05) is 6.07 Å². The first-order valence-corrected chi connectivity index (χ1v) is 6.95. The Morgan fingerprint density at radius 2 is 2.39 bits per heavy atom. The lowest BCUT2D eigenvalue weighted by atomic mass is 9.91. The van der Waals surface area contributed by atoms with Gasteiger partial charge in [0.1, 0.15) is 5.76 Å². The minimum absolute atomic E-state index is 0.436. The van der Waals surface area contributed by atoms with Gasteiger partial charge in [-0.2, -0.15) is 5.26 Å². The largest absolute Gasteiger partial charge is 0.468 e. The van der Waals surface area contributed by atoms with Crippen molar-refractivity contribution >= 4 is 0 Å². The zero-order valence-electron chi connectivity index (χ0n) is 11.1. The second-order valence-electron chi connectivity index (χ2n) is 5.31. The summed E-state index contributed by atoms with van der Waals surface area (Å²) in [5.74, 6) is 1.87. The molecule has 1 aromatic rings. The fourth-order valence-electron chi connectivity index (χ4n) is 2.75. The van der Waals surface area contributed by atoms with Crippen LogP contribution in [0.25, 0.3) is 0 Å². The van der Waals surface area contributed by atoms with Gasteiger partial charge >= 0.3 is 0 Å². The molecule has 2 atom stereocenters. The highest BCUT2D eigenvalue weighted by Crippen LogP contribution is 2.34. The molecule has 2 rings (SSSR count). The van der Waals surface area contributed by atoms with Gasteiger partial charge in [-0.3, -0.25) is 4.90 Å². The normalized spacial score (nSPS) is 24.9. The van der Waals surface area contributed by atoms with Crippen LogP contribution in [0.4, 0.5) is 0 Å². The van der Waals surface area contributed by atoms with E-state index in [4.69, 9.17) is 9.68 Å². The third kappa shape index (κ3) is 3.36. The van der Waals surface area contributed by atoms with E-state index in [-0.39, 0.29) is 0 Å². The Balaban J connectivity index is 1.92. The molecule has 0 bridgehead atoms. The van der Waals surface area contributed by atoms with Gasteiger partial charge in [0.25, 0.3) is 0 Å². The molecule has 1 aliphatic rings. The standard InChI is InChI=1S/C15H22N2O/c1-13-7-10-17(9-4-2-3-8-16)14(12-13)15-6-5-11-18-15/h5-6,11,13-14H,2-4,7,9-10,12H2,1H3/t13-,14+/m1/s1. The van der Waals surface area contributed by atoms with E-state index in [2.05, 4.69) is 24.0 Å². The number of rotatable bonds is 5. The van der Waals surface area contributed by atoms with Crippen LogP contribution in [0.5, 0.6) is 0 Å². The summed E-state index contributed by atoms with van der Waals surface area (Å²) < 4.78 is 5.59. The number of hydrogen-bond acceptors (Lipinski definition) is 3. The van der Waals surface area contributed by atoms with E-state index in [1.54, 1.807) is 6.26 Å². The maximum Gasteiger partial charge on any atom is 0.120 e. The maximum atomic E-state index is 8.56. The van der Waals surface area contributed by atoms with Crippen molar-refractivity contribution in [2.75, 3.05) is 13.1 Å². The molecule has 2 heterocycles. The summed E-state index contributed by atoms with van der Waals surface area (Å²) in [4.78, 5) is 2.52. The zero-order chi connectivity index (χ0) is 12.8. The van der Waals surface area contributed by atoms with Crippen molar-refractivity contribution in [1.82, 2.24) is 4.90 Å². The summed E-state index contributed by atoms with van der Waals surface area (Å²) in [7, 11) is 0. The van der Waals surface area contributed by atoms with Gasteiger partial charge in [0, 0.05) is 6.42 Å². The lowest BCUT2D eigenvalue weighted by Gasteiger charge is -2.37. The lowest BCUT2D eigenvalue weighted by Crippen LogP contribution is -2.36. The summed E-state index contributed by atoms with van der Waals surface area (Å²) in [6.45, 7) is 4.56. The highest BCUT2D eigenvalue weighted by molar-refractivity contribution is 5.06. The van der Waals surface area contributed by atoms with Crippen LogP contribution in [-0.2, 0) is 0 Å². The molecule has 0 unspecified atom stereocenters. The van der Waals surface area contributed by atoms with Crippen molar-refractivity contribution < 1.29 is 4.42 Å². The van der Waals surface area contributed by atoms with Crippen LogP contribution in [-0.4, -0.2) is 18.0 Å². The van der Waals surface area contributed by atoms with Gasteiger partial charge < -0.3 is 4.42 Å². The third-order valence-corrected chi connectivity index (χ3v) is 3.83. The van der Waals surface area contributed by atoms with Gasteiger partial charge in [0.15, 0.2) is 0 Å². The van der Waals surface area contributed by atoms with Crippen LogP contribution in [0.1, 0.15) is 50.8 Å². The Morgan fingerprint density at radius 3 is 3.11 bits per heavy atom. The quantitative estimate of drug-likeness (QED) is 0.743. The number of piperidine rings is 1. The Hall–Kier alpha value is -1.27. The highest BCUT2D eigenvalue weighted by atomic mass is 16.3. The first kappa shape index (κ1) is 13.2. The summed E-state index contributed by atoms with van der Waals surface area (Å²) in [6, 6.07) is 6.71. The number of hydrogen-bond donors (Lipinski definition) is 0. The molecular formula is C15H22N2O. The van der Waals surface area contributed by atoms with Crippen LogP contribution in [0.3, 0.4) is 0 Å². The molecular weight excluding hydrogens is 224 g/mol. The van der Waals surface area contributed by atoms with Gasteiger partial charge in [-0.1, -0.05) is 6.92 Å². The van der Waals surface area contributed by atoms with Gasteiger partial charge in [-0.25, -0.2) is 0 Å². The minimum Gasteiger partial charge on any atom is -0.468 e. The van der Waals surface area contributed by atoms with Crippen LogP contribution in [0.2, 0.25) is 0 Å². The van der Waals surface area contributed by atoms with Crippen molar-refractivity contribution in [3.63, 3.8) is 0 Å².